The van der Waals surface area contributed by atoms with Crippen molar-refractivity contribution < 1.29 is 9.53 Å². The Kier molecular flexibility index (Phi) is 6.17. The van der Waals surface area contributed by atoms with Crippen LogP contribution in [0.2, 0.25) is 0 Å². The van der Waals surface area contributed by atoms with Crippen molar-refractivity contribution in [1.29, 1.82) is 0 Å². The van der Waals surface area contributed by atoms with Gasteiger partial charge in [0, 0.05) is 22.6 Å². The lowest BCUT2D eigenvalue weighted by molar-refractivity contribution is 0.0952. The van der Waals surface area contributed by atoms with Gasteiger partial charge in [0.2, 0.25) is 0 Å². The van der Waals surface area contributed by atoms with Crippen LogP contribution in [-0.2, 0) is 6.42 Å². The Morgan fingerprint density at radius 3 is 2.62 bits per heavy atom. The fraction of sp³-hybridized carbons (Fsp3) is 0.250. The summed E-state index contributed by atoms with van der Waals surface area (Å²) in [5, 5.41) is 4.17. The molecular weight excluding hydrogens is 362 g/mol. The van der Waals surface area contributed by atoms with Crippen LogP contribution in [0.15, 0.2) is 53.6 Å². The maximum absolute atomic E-state index is 12.5. The van der Waals surface area contributed by atoms with Crippen LogP contribution < -0.4 is 10.2 Å². The van der Waals surface area contributed by atoms with Gasteiger partial charge in [0.15, 0.2) is 0 Å². The highest BCUT2D eigenvalue weighted by atomic mass is 16.5. The Morgan fingerprint density at radius 1 is 1.14 bits per heavy atom. The maximum Gasteiger partial charge on any atom is 0.275 e. The number of aromatic nitrogens is 1. The van der Waals surface area contributed by atoms with Crippen LogP contribution in [-0.4, -0.2) is 23.8 Å². The van der Waals surface area contributed by atoms with Gasteiger partial charge in [0.25, 0.3) is 5.91 Å². The number of ether oxygens (including phenoxy) is 1. The monoisotopic (exact) mass is 389 g/mol. The second kappa shape index (κ2) is 8.78. The molecule has 0 spiro atoms. The summed E-state index contributed by atoms with van der Waals surface area (Å²) < 4.78 is 7.53. The standard InChI is InChI=1S/C24H27N3O2/c1-6-19-9-7-8-10-22(19)27-17(3)14-20(18(27)4)15-25-26-24(28)21-12-11-16(2)13-23(21)29-5/h7-15H,6H2,1-5H3,(H,26,28)/b25-15-. The highest BCUT2D eigenvalue weighted by Gasteiger charge is 2.13. The van der Waals surface area contributed by atoms with Gasteiger partial charge >= 0.3 is 0 Å². The number of para-hydroxylation sites is 1. The number of amides is 1. The van der Waals surface area contributed by atoms with Crippen molar-refractivity contribution in [2.24, 2.45) is 5.10 Å². The summed E-state index contributed by atoms with van der Waals surface area (Å²) in [7, 11) is 1.55. The fourth-order valence-corrected chi connectivity index (χ4v) is 3.52. The molecule has 1 amide bonds. The number of carbonyl (C=O) groups excluding carboxylic acids is 1. The van der Waals surface area contributed by atoms with Crippen LogP contribution in [0.1, 0.15) is 45.4 Å². The van der Waals surface area contributed by atoms with E-state index >= 15 is 0 Å². The van der Waals surface area contributed by atoms with Gasteiger partial charge in [-0.2, -0.15) is 5.10 Å². The van der Waals surface area contributed by atoms with Gasteiger partial charge < -0.3 is 9.30 Å². The van der Waals surface area contributed by atoms with Crippen molar-refractivity contribution in [3.05, 3.63) is 82.2 Å². The molecule has 3 aromatic rings. The number of methoxy groups -OCH3 is 1. The molecule has 1 heterocycles. The first kappa shape index (κ1) is 20.4. The normalized spacial score (nSPS) is 11.1. The molecule has 0 bridgehead atoms. The lowest BCUT2D eigenvalue weighted by Gasteiger charge is -2.13. The lowest BCUT2D eigenvalue weighted by Crippen LogP contribution is -2.18. The molecule has 0 saturated heterocycles. The van der Waals surface area contributed by atoms with E-state index in [2.05, 4.69) is 66.2 Å². The van der Waals surface area contributed by atoms with Crippen LogP contribution in [0, 0.1) is 20.8 Å². The van der Waals surface area contributed by atoms with Crippen LogP contribution in [0.3, 0.4) is 0 Å². The third-order valence-corrected chi connectivity index (χ3v) is 5.06. The van der Waals surface area contributed by atoms with Crippen molar-refractivity contribution in [3.63, 3.8) is 0 Å². The molecule has 150 valence electrons. The van der Waals surface area contributed by atoms with Crippen molar-refractivity contribution in [3.8, 4) is 11.4 Å². The quantitative estimate of drug-likeness (QED) is 0.489. The minimum atomic E-state index is -0.303. The first-order valence-electron chi connectivity index (χ1n) is 9.71. The van der Waals surface area contributed by atoms with Crippen LogP contribution >= 0.6 is 0 Å². The highest BCUT2D eigenvalue weighted by Crippen LogP contribution is 2.23. The second-order valence-electron chi connectivity index (χ2n) is 7.05. The minimum Gasteiger partial charge on any atom is -0.496 e. The van der Waals surface area contributed by atoms with Gasteiger partial charge in [0.1, 0.15) is 5.75 Å². The van der Waals surface area contributed by atoms with E-state index in [1.165, 1.54) is 11.3 Å². The van der Waals surface area contributed by atoms with Gasteiger partial charge in [-0.15, -0.1) is 0 Å². The predicted molar refractivity (Wildman–Crippen MR) is 117 cm³/mol. The van der Waals surface area contributed by atoms with E-state index in [4.69, 9.17) is 4.74 Å². The fourth-order valence-electron chi connectivity index (χ4n) is 3.52. The van der Waals surface area contributed by atoms with Crippen molar-refractivity contribution in [2.75, 3.05) is 7.11 Å². The smallest absolute Gasteiger partial charge is 0.275 e. The van der Waals surface area contributed by atoms with Crippen molar-refractivity contribution in [2.45, 2.75) is 34.1 Å². The van der Waals surface area contributed by atoms with Gasteiger partial charge in [0.05, 0.1) is 18.9 Å². The molecule has 0 atom stereocenters. The summed E-state index contributed by atoms with van der Waals surface area (Å²) in [6, 6.07) is 15.9. The number of benzene rings is 2. The first-order chi connectivity index (χ1) is 14.0. The molecule has 0 aliphatic carbocycles. The first-order valence-corrected chi connectivity index (χ1v) is 9.71. The Hall–Kier alpha value is -3.34. The number of hydrazone groups is 1. The number of carbonyl (C=O) groups is 1. The predicted octanol–water partition coefficient (Wildman–Crippen LogP) is 4.74. The SMILES string of the molecule is CCc1ccccc1-n1c(C)cc(/C=N\NC(=O)c2ccc(C)cc2OC)c1C. The summed E-state index contributed by atoms with van der Waals surface area (Å²) in [5.41, 5.74) is 9.72. The van der Waals surface area contributed by atoms with E-state index in [9.17, 15) is 4.79 Å². The molecule has 5 nitrogen and oxygen atoms in total. The van der Waals surface area contributed by atoms with E-state index in [1.54, 1.807) is 19.4 Å². The number of hydrogen-bond acceptors (Lipinski definition) is 3. The number of rotatable bonds is 6. The largest absolute Gasteiger partial charge is 0.496 e. The summed E-state index contributed by atoms with van der Waals surface area (Å²) in [4.78, 5) is 12.5. The van der Waals surface area contributed by atoms with Gasteiger partial charge in [-0.1, -0.05) is 31.2 Å². The Morgan fingerprint density at radius 2 is 1.90 bits per heavy atom. The molecule has 1 N–H and O–H groups in total. The lowest BCUT2D eigenvalue weighted by atomic mass is 10.1. The zero-order valence-electron chi connectivity index (χ0n) is 17.6. The van der Waals surface area contributed by atoms with Crippen LogP contribution in [0.4, 0.5) is 0 Å². The van der Waals surface area contributed by atoms with E-state index in [0.29, 0.717) is 11.3 Å². The molecular formula is C24H27N3O2. The Labute approximate surface area is 172 Å². The Bertz CT molecular complexity index is 1060. The molecule has 5 heteroatoms. The third-order valence-electron chi connectivity index (χ3n) is 5.06. The average molecular weight is 389 g/mol. The summed E-state index contributed by atoms with van der Waals surface area (Å²) >= 11 is 0. The molecule has 0 saturated carbocycles. The van der Waals surface area contributed by atoms with Crippen LogP contribution in [0.5, 0.6) is 5.75 Å². The van der Waals surface area contributed by atoms with Crippen LogP contribution in [0.25, 0.3) is 5.69 Å². The topological polar surface area (TPSA) is 55.6 Å². The number of aryl methyl sites for hydroxylation is 3. The minimum absolute atomic E-state index is 0.303. The van der Waals surface area contributed by atoms with E-state index < -0.39 is 0 Å². The molecule has 0 unspecified atom stereocenters. The molecule has 2 aromatic carbocycles. The summed E-state index contributed by atoms with van der Waals surface area (Å²) in [6.07, 6.45) is 2.65. The van der Waals surface area contributed by atoms with E-state index in [1.807, 2.05) is 19.1 Å². The number of hydrogen-bond donors (Lipinski definition) is 1. The Balaban J connectivity index is 1.83. The molecule has 3 rings (SSSR count). The number of nitrogens with zero attached hydrogens (tertiary/aromatic N) is 2. The molecule has 0 aliphatic rings. The molecule has 0 radical (unpaired) electrons. The zero-order valence-corrected chi connectivity index (χ0v) is 17.6. The maximum atomic E-state index is 12.5. The summed E-state index contributed by atoms with van der Waals surface area (Å²) in [5.74, 6) is 0.232. The molecule has 0 fully saturated rings. The molecule has 0 aliphatic heterocycles. The summed E-state index contributed by atoms with van der Waals surface area (Å²) in [6.45, 7) is 8.25. The third kappa shape index (κ3) is 4.24. The average Bonchev–Trinajstić information content (AvgIpc) is 3.00. The second-order valence-corrected chi connectivity index (χ2v) is 7.05. The van der Waals surface area contributed by atoms with E-state index in [-0.39, 0.29) is 5.91 Å². The molecule has 29 heavy (non-hydrogen) atoms. The van der Waals surface area contributed by atoms with Gasteiger partial charge in [-0.3, -0.25) is 4.79 Å². The number of nitrogens with one attached hydrogen (secondary N) is 1. The van der Waals surface area contributed by atoms with E-state index in [0.717, 1.165) is 28.9 Å². The van der Waals surface area contributed by atoms with Crippen molar-refractivity contribution >= 4 is 12.1 Å². The molecule has 1 aromatic heterocycles. The highest BCUT2D eigenvalue weighted by molar-refractivity contribution is 5.97. The van der Waals surface area contributed by atoms with Crippen molar-refractivity contribution in [1.82, 2.24) is 9.99 Å². The van der Waals surface area contributed by atoms with Gasteiger partial charge in [-0.25, -0.2) is 5.43 Å². The zero-order chi connectivity index (χ0) is 21.0. The van der Waals surface area contributed by atoms with Gasteiger partial charge in [-0.05, 0) is 62.6 Å².